The molecule has 8 rings (SSSR count). The van der Waals surface area contributed by atoms with Crippen LogP contribution in [0.5, 0.6) is 0 Å². The zero-order valence-electron chi connectivity index (χ0n) is 21.7. The molecular formula is C28H20Cl2IrN8S4-3. The third-order valence-corrected chi connectivity index (χ3v) is 8.57. The SMILES string of the molecule is [Cl][Ir+][Cl].[NH-]c1nc2ccccc2s1.[NH-]c1nc2ccccc2s1.[NH-]c1nc2ccccc2s1.[NH-]c1nc2ccccc2s1. The molecule has 0 bridgehead atoms. The van der Waals surface area contributed by atoms with Crippen molar-refractivity contribution >= 4 is 126 Å². The second-order valence-electron chi connectivity index (χ2n) is 7.99. The summed E-state index contributed by atoms with van der Waals surface area (Å²) in [4.78, 5) is 16.0. The topological polar surface area (TPSA) is 147 Å². The zero-order chi connectivity index (χ0) is 30.6. The predicted molar refractivity (Wildman–Crippen MR) is 186 cm³/mol. The molecule has 0 saturated carbocycles. The number of nitrogens with one attached hydrogen (secondary N) is 4. The van der Waals surface area contributed by atoms with Gasteiger partial charge in [0.15, 0.2) is 0 Å². The van der Waals surface area contributed by atoms with Crippen molar-refractivity contribution in [2.24, 2.45) is 0 Å². The van der Waals surface area contributed by atoms with E-state index in [1.54, 1.807) is 0 Å². The van der Waals surface area contributed by atoms with Gasteiger partial charge in [0.2, 0.25) is 0 Å². The second-order valence-corrected chi connectivity index (χ2v) is 15.6. The molecule has 4 N–H and O–H groups in total. The number of fused-ring (bicyclic) bond motifs is 4. The summed E-state index contributed by atoms with van der Waals surface area (Å²) in [6.45, 7) is 0. The molecule has 4 aromatic carbocycles. The van der Waals surface area contributed by atoms with E-state index in [2.05, 4.69) is 19.9 Å². The molecule has 0 fully saturated rings. The van der Waals surface area contributed by atoms with Gasteiger partial charge in [-0.2, -0.15) is 0 Å². The van der Waals surface area contributed by atoms with Gasteiger partial charge in [-0.3, -0.25) is 0 Å². The molecule has 0 spiro atoms. The van der Waals surface area contributed by atoms with Gasteiger partial charge >= 0.3 is 34.8 Å². The summed E-state index contributed by atoms with van der Waals surface area (Å²) < 4.78 is 4.36. The van der Waals surface area contributed by atoms with Gasteiger partial charge in [-0.1, -0.05) is 72.8 Å². The van der Waals surface area contributed by atoms with Crippen LogP contribution in [0.3, 0.4) is 0 Å². The molecule has 0 unspecified atom stereocenters. The minimum atomic E-state index is -0.556. The van der Waals surface area contributed by atoms with Gasteiger partial charge in [-0.15, -0.1) is 45.3 Å². The van der Waals surface area contributed by atoms with E-state index >= 15 is 0 Å². The van der Waals surface area contributed by atoms with Crippen LogP contribution in [0.15, 0.2) is 97.1 Å². The van der Waals surface area contributed by atoms with Gasteiger partial charge < -0.3 is 42.9 Å². The van der Waals surface area contributed by atoms with E-state index in [0.717, 1.165) is 40.9 Å². The largest absolute Gasteiger partial charge is 0.473 e. The Morgan fingerprint density at radius 2 is 0.581 bits per heavy atom. The first kappa shape index (κ1) is 32.8. The summed E-state index contributed by atoms with van der Waals surface area (Å²) in [7, 11) is 9.78. The molecule has 222 valence electrons. The van der Waals surface area contributed by atoms with E-state index in [0.29, 0.717) is 20.5 Å². The molecule has 8 nitrogen and oxygen atoms in total. The third-order valence-electron chi connectivity index (χ3n) is 5.18. The fourth-order valence-electron chi connectivity index (χ4n) is 3.49. The molecule has 43 heavy (non-hydrogen) atoms. The first-order valence-electron chi connectivity index (χ1n) is 12.0. The molecule has 0 aliphatic heterocycles. The minimum absolute atomic E-state index is 0.390. The van der Waals surface area contributed by atoms with Crippen LogP contribution in [0.25, 0.3) is 63.8 Å². The summed E-state index contributed by atoms with van der Waals surface area (Å²) in [6.07, 6.45) is 0. The Bertz CT molecular complexity index is 1600. The Kier molecular flexibility index (Phi) is 12.7. The van der Waals surface area contributed by atoms with Crippen LogP contribution in [0.1, 0.15) is 0 Å². The zero-order valence-corrected chi connectivity index (χ0v) is 28.9. The molecule has 0 amide bonds. The first-order chi connectivity index (χ1) is 20.9. The van der Waals surface area contributed by atoms with Crippen molar-refractivity contribution in [1.82, 2.24) is 19.9 Å². The van der Waals surface area contributed by atoms with Gasteiger partial charge in [0.1, 0.15) is 0 Å². The molecule has 0 atom stereocenters. The van der Waals surface area contributed by atoms with Crippen molar-refractivity contribution in [2.75, 3.05) is 0 Å². The van der Waals surface area contributed by atoms with Crippen LogP contribution >= 0.6 is 64.5 Å². The smallest absolute Gasteiger partial charge is 0.0300 e. The maximum absolute atomic E-state index is 7.23. The number of hydrogen-bond acceptors (Lipinski definition) is 8. The number of thiazole rings is 4. The number of para-hydroxylation sites is 4. The van der Waals surface area contributed by atoms with E-state index in [-0.39, 0.29) is 0 Å². The molecule has 4 heterocycles. The number of hydrogen-bond donors (Lipinski definition) is 0. The van der Waals surface area contributed by atoms with E-state index in [1.165, 1.54) is 45.3 Å². The second kappa shape index (κ2) is 16.6. The van der Waals surface area contributed by atoms with E-state index in [9.17, 15) is 0 Å². The minimum Gasteiger partial charge on any atom is -0.473 e. The first-order valence-corrected chi connectivity index (χ1v) is 21.2. The summed E-state index contributed by atoms with van der Waals surface area (Å²) in [5, 5.41) is 1.56. The standard InChI is InChI=1S/4C7H5N2S.2ClH.Ir/c4*8-7-9-5-3-1-2-4-6(5)10-7;;;/h4*1-4H,(H-,8,9);2*1H;/q4*-1;;;+3/p-2. The third kappa shape index (κ3) is 9.95. The molecule has 0 radical (unpaired) electrons. The predicted octanol–water partition coefficient (Wildman–Crippen LogP) is 13.3. The van der Waals surface area contributed by atoms with Gasteiger partial charge in [0.25, 0.3) is 0 Å². The number of benzene rings is 4. The molecule has 0 aliphatic carbocycles. The van der Waals surface area contributed by atoms with E-state index in [4.69, 9.17) is 42.1 Å². The maximum atomic E-state index is 7.23. The molecule has 0 saturated heterocycles. The molecule has 4 aromatic heterocycles. The fourth-order valence-corrected chi connectivity index (χ4v) is 6.36. The summed E-state index contributed by atoms with van der Waals surface area (Å²) in [5.74, 6) is 0. The average molecular weight is 860 g/mol. The maximum Gasteiger partial charge on any atom is 0.0300 e. The van der Waals surface area contributed by atoms with Crippen molar-refractivity contribution in [3.05, 3.63) is 120 Å². The Morgan fingerprint density at radius 3 is 0.767 bits per heavy atom. The fraction of sp³-hybridized carbons (Fsp3) is 0. The Hall–Kier alpha value is -3.13. The summed E-state index contributed by atoms with van der Waals surface area (Å²) >= 11 is 5.08. The van der Waals surface area contributed by atoms with Crippen LogP contribution in [0, 0.1) is 0 Å². The van der Waals surface area contributed by atoms with E-state index in [1.807, 2.05) is 97.1 Å². The summed E-state index contributed by atoms with van der Waals surface area (Å²) in [5.41, 5.74) is 32.6. The van der Waals surface area contributed by atoms with Crippen LogP contribution in [-0.2, 0) is 15.7 Å². The van der Waals surface area contributed by atoms with Gasteiger partial charge in [-0.05, 0) is 66.9 Å². The van der Waals surface area contributed by atoms with Crippen molar-refractivity contribution in [3.8, 4) is 0 Å². The van der Waals surface area contributed by atoms with Crippen molar-refractivity contribution in [2.45, 2.75) is 0 Å². The van der Waals surface area contributed by atoms with E-state index < -0.39 is 15.7 Å². The molecule has 8 aromatic rings. The van der Waals surface area contributed by atoms with Crippen LogP contribution in [0.4, 0.5) is 20.5 Å². The average Bonchev–Trinajstić information content (AvgIpc) is 3.76. The van der Waals surface area contributed by atoms with Gasteiger partial charge in [0, 0.05) is 18.8 Å². The number of nitrogens with zero attached hydrogens (tertiary/aromatic N) is 4. The summed E-state index contributed by atoms with van der Waals surface area (Å²) in [6, 6.07) is 31.2. The van der Waals surface area contributed by atoms with Crippen LogP contribution in [0.2, 0.25) is 0 Å². The molecule has 15 heteroatoms. The molecule has 0 aliphatic rings. The van der Waals surface area contributed by atoms with Gasteiger partial charge in [-0.25, -0.2) is 0 Å². The Morgan fingerprint density at radius 1 is 0.395 bits per heavy atom. The number of rotatable bonds is 0. The quantitative estimate of drug-likeness (QED) is 0.149. The monoisotopic (exact) mass is 859 g/mol. The Labute approximate surface area is 279 Å². The molecular weight excluding hydrogens is 840 g/mol. The normalized spacial score (nSPS) is 10.2. The van der Waals surface area contributed by atoms with Crippen molar-refractivity contribution in [1.29, 1.82) is 0 Å². The number of halogens is 2. The van der Waals surface area contributed by atoms with Crippen molar-refractivity contribution in [3.63, 3.8) is 0 Å². The van der Waals surface area contributed by atoms with Crippen molar-refractivity contribution < 1.29 is 15.7 Å². The number of aromatic nitrogens is 4. The Balaban J connectivity index is 0.000000127. The van der Waals surface area contributed by atoms with Crippen LogP contribution < -0.4 is 0 Å². The van der Waals surface area contributed by atoms with Crippen LogP contribution in [-0.4, -0.2) is 19.9 Å². The van der Waals surface area contributed by atoms with Gasteiger partial charge in [0.05, 0.1) is 0 Å².